The molecule has 0 saturated carbocycles. The van der Waals surface area contributed by atoms with E-state index in [2.05, 4.69) is 0 Å². The highest BCUT2D eigenvalue weighted by molar-refractivity contribution is 6.31. The minimum atomic E-state index is -0.915. The number of carbonyl (C=O) groups excluding carboxylic acids is 1. The summed E-state index contributed by atoms with van der Waals surface area (Å²) in [6.45, 7) is 4.12. The molecule has 1 fully saturated rings. The van der Waals surface area contributed by atoms with Crippen LogP contribution < -0.4 is 0 Å². The Bertz CT molecular complexity index is 686. The van der Waals surface area contributed by atoms with Gasteiger partial charge in [-0.15, -0.1) is 0 Å². The van der Waals surface area contributed by atoms with E-state index in [-0.39, 0.29) is 11.9 Å². The number of hydrogen-bond donors (Lipinski definition) is 1. The topological polar surface area (TPSA) is 53.7 Å². The first-order chi connectivity index (χ1) is 9.86. The summed E-state index contributed by atoms with van der Waals surface area (Å²) in [7, 11) is 0. The van der Waals surface area contributed by atoms with Crippen LogP contribution in [0.4, 0.5) is 0 Å². The lowest BCUT2D eigenvalue weighted by molar-refractivity contribution is -0.000680. The Hall–Kier alpha value is -1.52. The molecule has 1 aliphatic rings. The van der Waals surface area contributed by atoms with Gasteiger partial charge in [0.2, 0.25) is 0 Å². The largest absolute Gasteiger partial charge is 0.451 e. The van der Waals surface area contributed by atoms with Crippen molar-refractivity contribution in [3.8, 4) is 0 Å². The third kappa shape index (κ3) is 2.65. The molecule has 1 aliphatic heterocycles. The summed E-state index contributed by atoms with van der Waals surface area (Å²) in [5.74, 6) is 0.121. The third-order valence-electron chi connectivity index (χ3n) is 4.02. The Kier molecular flexibility index (Phi) is 3.46. The van der Waals surface area contributed by atoms with E-state index in [1.165, 1.54) is 0 Å². The summed E-state index contributed by atoms with van der Waals surface area (Å²) in [5.41, 5.74) is -0.275. The van der Waals surface area contributed by atoms with E-state index in [4.69, 9.17) is 16.0 Å². The highest BCUT2D eigenvalue weighted by Crippen LogP contribution is 2.30. The zero-order valence-corrected chi connectivity index (χ0v) is 12.9. The number of rotatable bonds is 2. The van der Waals surface area contributed by atoms with Crippen molar-refractivity contribution in [1.29, 1.82) is 0 Å². The highest BCUT2D eigenvalue weighted by Gasteiger charge is 2.39. The minimum Gasteiger partial charge on any atom is -0.451 e. The van der Waals surface area contributed by atoms with Crippen molar-refractivity contribution in [3.63, 3.8) is 0 Å². The molecule has 1 atom stereocenters. The van der Waals surface area contributed by atoms with E-state index in [1.54, 1.807) is 43.0 Å². The molecule has 2 aromatic rings. The maximum atomic E-state index is 12.6. The van der Waals surface area contributed by atoms with Crippen LogP contribution in [0.5, 0.6) is 0 Å². The Morgan fingerprint density at radius 3 is 2.90 bits per heavy atom. The molecular weight excluding hydrogens is 290 g/mol. The maximum Gasteiger partial charge on any atom is 0.289 e. The van der Waals surface area contributed by atoms with E-state index < -0.39 is 5.60 Å². The molecule has 1 unspecified atom stereocenters. The van der Waals surface area contributed by atoms with Gasteiger partial charge in [0.25, 0.3) is 5.91 Å². The fraction of sp³-hybridized carbons (Fsp3) is 0.438. The first kappa shape index (κ1) is 14.4. The SMILES string of the molecule is CC(C)(O)C1CCCN1C(=O)c1cc2cc(Cl)ccc2o1. The second-order valence-corrected chi connectivity index (χ2v) is 6.54. The summed E-state index contributed by atoms with van der Waals surface area (Å²) < 4.78 is 5.63. The van der Waals surface area contributed by atoms with Crippen molar-refractivity contribution in [2.24, 2.45) is 0 Å². The normalized spacial score (nSPS) is 19.4. The van der Waals surface area contributed by atoms with Crippen molar-refractivity contribution in [2.75, 3.05) is 6.54 Å². The van der Waals surface area contributed by atoms with Crippen LogP contribution in [0, 0.1) is 0 Å². The van der Waals surface area contributed by atoms with Crippen LogP contribution in [0.1, 0.15) is 37.2 Å². The molecule has 2 heterocycles. The van der Waals surface area contributed by atoms with Crippen molar-refractivity contribution >= 4 is 28.5 Å². The Balaban J connectivity index is 1.93. The molecule has 0 aliphatic carbocycles. The average Bonchev–Trinajstić information content (AvgIpc) is 3.02. The number of carbonyl (C=O) groups is 1. The lowest BCUT2D eigenvalue weighted by Crippen LogP contribution is -2.48. The Morgan fingerprint density at radius 1 is 1.43 bits per heavy atom. The number of amides is 1. The lowest BCUT2D eigenvalue weighted by Gasteiger charge is -2.33. The Morgan fingerprint density at radius 2 is 2.19 bits per heavy atom. The molecule has 3 rings (SSSR count). The minimum absolute atomic E-state index is 0.174. The number of halogens is 1. The van der Waals surface area contributed by atoms with Crippen LogP contribution in [0.2, 0.25) is 5.02 Å². The predicted molar refractivity (Wildman–Crippen MR) is 81.6 cm³/mol. The highest BCUT2D eigenvalue weighted by atomic mass is 35.5. The number of fused-ring (bicyclic) bond motifs is 1. The maximum absolute atomic E-state index is 12.6. The molecule has 1 aromatic heterocycles. The van der Waals surface area contributed by atoms with Crippen LogP contribution >= 0.6 is 11.6 Å². The van der Waals surface area contributed by atoms with Crippen molar-refractivity contribution < 1.29 is 14.3 Å². The number of aliphatic hydroxyl groups is 1. The fourth-order valence-corrected chi connectivity index (χ4v) is 3.19. The zero-order valence-electron chi connectivity index (χ0n) is 12.1. The first-order valence-corrected chi connectivity index (χ1v) is 7.46. The van der Waals surface area contributed by atoms with Gasteiger partial charge in [-0.1, -0.05) is 11.6 Å². The summed E-state index contributed by atoms with van der Waals surface area (Å²) >= 11 is 5.95. The second kappa shape index (κ2) is 5.04. The van der Waals surface area contributed by atoms with Gasteiger partial charge in [0, 0.05) is 17.0 Å². The van der Waals surface area contributed by atoms with E-state index in [0.29, 0.717) is 22.9 Å². The molecule has 1 aromatic carbocycles. The van der Waals surface area contributed by atoms with Gasteiger partial charge in [-0.3, -0.25) is 4.79 Å². The molecule has 1 N–H and O–H groups in total. The third-order valence-corrected chi connectivity index (χ3v) is 4.25. The van der Waals surface area contributed by atoms with Crippen LogP contribution in [0.3, 0.4) is 0 Å². The quantitative estimate of drug-likeness (QED) is 0.924. The van der Waals surface area contributed by atoms with Crippen LogP contribution in [-0.2, 0) is 0 Å². The lowest BCUT2D eigenvalue weighted by atomic mass is 9.96. The van der Waals surface area contributed by atoms with E-state index in [9.17, 15) is 9.90 Å². The summed E-state index contributed by atoms with van der Waals surface area (Å²) in [4.78, 5) is 14.4. The van der Waals surface area contributed by atoms with Crippen LogP contribution in [0.25, 0.3) is 11.0 Å². The van der Waals surface area contributed by atoms with Gasteiger partial charge >= 0.3 is 0 Å². The molecule has 1 saturated heterocycles. The molecule has 112 valence electrons. The average molecular weight is 308 g/mol. The van der Waals surface area contributed by atoms with Gasteiger partial charge in [0.15, 0.2) is 5.76 Å². The zero-order chi connectivity index (χ0) is 15.2. The van der Waals surface area contributed by atoms with Gasteiger partial charge in [0.1, 0.15) is 5.58 Å². The number of hydrogen-bond acceptors (Lipinski definition) is 3. The number of furan rings is 1. The van der Waals surface area contributed by atoms with E-state index >= 15 is 0 Å². The number of benzene rings is 1. The molecule has 1 amide bonds. The van der Waals surface area contributed by atoms with Gasteiger partial charge in [-0.2, -0.15) is 0 Å². The van der Waals surface area contributed by atoms with Gasteiger partial charge in [0.05, 0.1) is 11.6 Å². The molecule has 4 nitrogen and oxygen atoms in total. The molecule has 0 bridgehead atoms. The van der Waals surface area contributed by atoms with Crippen LogP contribution in [-0.4, -0.2) is 34.1 Å². The molecular formula is C16H18ClNO3. The van der Waals surface area contributed by atoms with Crippen molar-refractivity contribution in [3.05, 3.63) is 35.0 Å². The molecule has 21 heavy (non-hydrogen) atoms. The molecule has 5 heteroatoms. The molecule has 0 spiro atoms. The second-order valence-electron chi connectivity index (χ2n) is 6.10. The standard InChI is InChI=1S/C16H18ClNO3/c1-16(2,20)14-4-3-7-18(14)15(19)13-9-10-8-11(17)5-6-12(10)21-13/h5-6,8-9,14,20H,3-4,7H2,1-2H3. The van der Waals surface area contributed by atoms with Gasteiger partial charge in [-0.05, 0) is 51.0 Å². The van der Waals surface area contributed by atoms with Crippen molar-refractivity contribution in [2.45, 2.75) is 38.3 Å². The van der Waals surface area contributed by atoms with Crippen molar-refractivity contribution in [1.82, 2.24) is 4.90 Å². The predicted octanol–water partition coefficient (Wildman–Crippen LogP) is 3.46. The monoisotopic (exact) mass is 307 g/mol. The first-order valence-electron chi connectivity index (χ1n) is 7.09. The molecule has 0 radical (unpaired) electrons. The Labute approximate surface area is 128 Å². The summed E-state index contributed by atoms with van der Waals surface area (Å²) in [6, 6.07) is 6.79. The van der Waals surface area contributed by atoms with Gasteiger partial charge in [-0.25, -0.2) is 0 Å². The van der Waals surface area contributed by atoms with E-state index in [1.807, 2.05) is 0 Å². The number of nitrogens with zero attached hydrogens (tertiary/aromatic N) is 1. The summed E-state index contributed by atoms with van der Waals surface area (Å²) in [6.07, 6.45) is 1.70. The van der Waals surface area contributed by atoms with Gasteiger partial charge < -0.3 is 14.4 Å². The number of likely N-dealkylation sites (tertiary alicyclic amines) is 1. The van der Waals surface area contributed by atoms with Crippen LogP contribution in [0.15, 0.2) is 28.7 Å². The smallest absolute Gasteiger partial charge is 0.289 e. The summed E-state index contributed by atoms with van der Waals surface area (Å²) in [5, 5.41) is 11.6. The fourth-order valence-electron chi connectivity index (χ4n) is 3.01. The van der Waals surface area contributed by atoms with E-state index in [0.717, 1.165) is 18.2 Å².